The molecule has 1 saturated carbocycles. The third-order valence-corrected chi connectivity index (χ3v) is 4.44. The molecule has 26 heavy (non-hydrogen) atoms. The summed E-state index contributed by atoms with van der Waals surface area (Å²) in [6.07, 6.45) is 2.00. The summed E-state index contributed by atoms with van der Waals surface area (Å²) < 4.78 is 58.8. The van der Waals surface area contributed by atoms with Crippen molar-refractivity contribution in [3.8, 4) is 11.8 Å². The van der Waals surface area contributed by atoms with E-state index >= 15 is 0 Å². The van der Waals surface area contributed by atoms with Crippen LogP contribution in [0.1, 0.15) is 44.1 Å². The maximum absolute atomic E-state index is 12.7. The Kier molecular flexibility index (Phi) is 7.46. The number of hydrogen-bond acceptors (Lipinski definition) is 3. The largest absolute Gasteiger partial charge is 0.573 e. The third kappa shape index (κ3) is 7.44. The van der Waals surface area contributed by atoms with Gasteiger partial charge in [-0.1, -0.05) is 12.1 Å². The minimum absolute atomic E-state index is 0.128. The molecule has 7 heteroatoms. The van der Waals surface area contributed by atoms with E-state index in [0.29, 0.717) is 18.9 Å². The number of hydrogen-bond donors (Lipinski definition) is 0. The molecular weight excluding hydrogens is 350 g/mol. The SMILES string of the molecule is N#CC(F)=CCC[C@H]1CC[C@H](OCc2ccc(OC(F)(F)F)cc2)CC1. The Hall–Kier alpha value is -2.07. The van der Waals surface area contributed by atoms with Crippen LogP contribution >= 0.6 is 0 Å². The van der Waals surface area contributed by atoms with Crippen molar-refractivity contribution in [2.24, 2.45) is 5.92 Å². The van der Waals surface area contributed by atoms with Gasteiger partial charge in [-0.3, -0.25) is 0 Å². The third-order valence-electron chi connectivity index (χ3n) is 4.44. The molecule has 2 rings (SSSR count). The van der Waals surface area contributed by atoms with E-state index in [-0.39, 0.29) is 11.9 Å². The highest BCUT2D eigenvalue weighted by molar-refractivity contribution is 5.27. The zero-order chi connectivity index (χ0) is 19.0. The molecule has 0 unspecified atom stereocenters. The van der Waals surface area contributed by atoms with Crippen molar-refractivity contribution in [1.29, 1.82) is 5.26 Å². The van der Waals surface area contributed by atoms with Crippen LogP contribution < -0.4 is 4.74 Å². The molecule has 3 nitrogen and oxygen atoms in total. The number of benzene rings is 1. The van der Waals surface area contributed by atoms with E-state index in [0.717, 1.165) is 37.7 Å². The number of rotatable bonds is 7. The standard InChI is InChI=1S/C19H21F4NO2/c20-16(12-24)3-1-2-14-4-8-17(9-5-14)25-13-15-6-10-18(11-7-15)26-19(21,22)23/h3,6-7,10-11,14,17H,1-2,4-5,8-9,13H2/t14-,17-. The Bertz CT molecular complexity index is 626. The molecule has 0 aliphatic heterocycles. The van der Waals surface area contributed by atoms with E-state index in [1.807, 2.05) is 0 Å². The topological polar surface area (TPSA) is 42.2 Å². The summed E-state index contributed by atoms with van der Waals surface area (Å²) in [7, 11) is 0. The van der Waals surface area contributed by atoms with Gasteiger partial charge >= 0.3 is 6.36 Å². The van der Waals surface area contributed by atoms with E-state index in [4.69, 9.17) is 10.00 Å². The second-order valence-electron chi connectivity index (χ2n) is 6.39. The fourth-order valence-electron chi connectivity index (χ4n) is 3.08. The van der Waals surface area contributed by atoms with Gasteiger partial charge in [0.1, 0.15) is 11.8 Å². The van der Waals surface area contributed by atoms with Crippen LogP contribution in [-0.4, -0.2) is 12.5 Å². The molecule has 0 atom stereocenters. The molecule has 0 spiro atoms. The summed E-state index contributed by atoms with van der Waals surface area (Å²) in [6, 6.07) is 7.13. The highest BCUT2D eigenvalue weighted by atomic mass is 19.4. The van der Waals surface area contributed by atoms with Gasteiger partial charge in [-0.15, -0.1) is 13.2 Å². The minimum Gasteiger partial charge on any atom is -0.406 e. The monoisotopic (exact) mass is 371 g/mol. The van der Waals surface area contributed by atoms with Crippen LogP contribution in [-0.2, 0) is 11.3 Å². The smallest absolute Gasteiger partial charge is 0.406 e. The summed E-state index contributed by atoms with van der Waals surface area (Å²) in [5, 5.41) is 8.36. The quantitative estimate of drug-likeness (QED) is 0.448. The Labute approximate surface area is 150 Å². The Balaban J connectivity index is 1.68. The molecule has 1 aromatic carbocycles. The molecule has 0 bridgehead atoms. The summed E-state index contributed by atoms with van der Waals surface area (Å²) in [4.78, 5) is 0. The van der Waals surface area contributed by atoms with Crippen LogP contribution in [0.25, 0.3) is 0 Å². The van der Waals surface area contributed by atoms with Gasteiger partial charge in [0.05, 0.1) is 12.7 Å². The maximum Gasteiger partial charge on any atom is 0.573 e. The van der Waals surface area contributed by atoms with Crippen molar-refractivity contribution in [3.63, 3.8) is 0 Å². The first-order valence-corrected chi connectivity index (χ1v) is 8.58. The number of nitrogens with zero attached hydrogens (tertiary/aromatic N) is 1. The average molecular weight is 371 g/mol. The van der Waals surface area contributed by atoms with E-state index in [2.05, 4.69) is 4.74 Å². The fraction of sp³-hybridized carbons (Fsp3) is 0.526. The van der Waals surface area contributed by atoms with Crippen LogP contribution in [0, 0.1) is 17.2 Å². The molecular formula is C19H21F4NO2. The molecule has 0 saturated heterocycles. The maximum atomic E-state index is 12.7. The molecule has 0 heterocycles. The first-order valence-electron chi connectivity index (χ1n) is 8.58. The first-order chi connectivity index (χ1) is 12.4. The molecule has 0 amide bonds. The predicted molar refractivity (Wildman–Crippen MR) is 87.7 cm³/mol. The van der Waals surface area contributed by atoms with Crippen molar-refractivity contribution >= 4 is 0 Å². The van der Waals surface area contributed by atoms with Crippen LogP contribution in [0.4, 0.5) is 17.6 Å². The van der Waals surface area contributed by atoms with Crippen molar-refractivity contribution in [2.45, 2.75) is 57.6 Å². The molecule has 1 aliphatic carbocycles. The lowest BCUT2D eigenvalue weighted by Gasteiger charge is -2.28. The molecule has 1 aromatic rings. The Morgan fingerprint density at radius 1 is 1.15 bits per heavy atom. The molecule has 1 aliphatic rings. The molecule has 0 aromatic heterocycles. The zero-order valence-electron chi connectivity index (χ0n) is 14.3. The number of allylic oxidation sites excluding steroid dienone is 2. The Morgan fingerprint density at radius 3 is 2.38 bits per heavy atom. The van der Waals surface area contributed by atoms with E-state index in [9.17, 15) is 17.6 Å². The molecule has 0 radical (unpaired) electrons. The van der Waals surface area contributed by atoms with E-state index < -0.39 is 12.2 Å². The van der Waals surface area contributed by atoms with Crippen molar-refractivity contribution in [3.05, 3.63) is 41.7 Å². The summed E-state index contributed by atoms with van der Waals surface area (Å²) in [5.41, 5.74) is 0.791. The van der Waals surface area contributed by atoms with Gasteiger partial charge < -0.3 is 9.47 Å². The first kappa shape index (κ1) is 20.2. The van der Waals surface area contributed by atoms with Crippen LogP contribution in [0.15, 0.2) is 36.2 Å². The van der Waals surface area contributed by atoms with E-state index in [1.54, 1.807) is 12.1 Å². The van der Waals surface area contributed by atoms with E-state index in [1.165, 1.54) is 24.3 Å². The van der Waals surface area contributed by atoms with Crippen LogP contribution in [0.2, 0.25) is 0 Å². The van der Waals surface area contributed by atoms with Gasteiger partial charge in [-0.25, -0.2) is 0 Å². The van der Waals surface area contributed by atoms with Gasteiger partial charge in [-0.2, -0.15) is 9.65 Å². The van der Waals surface area contributed by atoms with Crippen LogP contribution in [0.3, 0.4) is 0 Å². The second-order valence-corrected chi connectivity index (χ2v) is 6.39. The number of ether oxygens (including phenoxy) is 2. The minimum atomic E-state index is -4.69. The zero-order valence-corrected chi connectivity index (χ0v) is 14.3. The fourth-order valence-corrected chi connectivity index (χ4v) is 3.08. The lowest BCUT2D eigenvalue weighted by atomic mass is 9.84. The lowest BCUT2D eigenvalue weighted by Crippen LogP contribution is -2.21. The average Bonchev–Trinajstić information content (AvgIpc) is 2.61. The van der Waals surface area contributed by atoms with Gasteiger partial charge in [0.25, 0.3) is 0 Å². The molecule has 142 valence electrons. The van der Waals surface area contributed by atoms with Gasteiger partial charge in [-0.05, 0) is 68.2 Å². The summed E-state index contributed by atoms with van der Waals surface area (Å²) >= 11 is 0. The molecule has 0 N–H and O–H groups in total. The highest BCUT2D eigenvalue weighted by Gasteiger charge is 2.31. The predicted octanol–water partition coefficient (Wildman–Crippen LogP) is 5.82. The number of nitriles is 1. The van der Waals surface area contributed by atoms with Crippen LogP contribution in [0.5, 0.6) is 5.75 Å². The number of alkyl halides is 3. The highest BCUT2D eigenvalue weighted by Crippen LogP contribution is 2.30. The van der Waals surface area contributed by atoms with Crippen molar-refractivity contribution in [1.82, 2.24) is 0 Å². The summed E-state index contributed by atoms with van der Waals surface area (Å²) in [6.45, 7) is 0.345. The normalized spacial score (nSPS) is 21.3. The second kappa shape index (κ2) is 9.58. The Morgan fingerprint density at radius 2 is 1.81 bits per heavy atom. The van der Waals surface area contributed by atoms with Gasteiger partial charge in [0.2, 0.25) is 0 Å². The van der Waals surface area contributed by atoms with Gasteiger partial charge in [0.15, 0.2) is 5.83 Å². The lowest BCUT2D eigenvalue weighted by molar-refractivity contribution is -0.274. The van der Waals surface area contributed by atoms with Crippen molar-refractivity contribution < 1.29 is 27.0 Å². The van der Waals surface area contributed by atoms with Gasteiger partial charge in [0, 0.05) is 0 Å². The van der Waals surface area contributed by atoms with Crippen molar-refractivity contribution in [2.75, 3.05) is 0 Å². The number of halogens is 4. The summed E-state index contributed by atoms with van der Waals surface area (Å²) in [5.74, 6) is -0.464. The molecule has 1 fully saturated rings.